The van der Waals surface area contributed by atoms with Crippen LogP contribution >= 0.6 is 11.6 Å². The zero-order chi connectivity index (χ0) is 7.65. The van der Waals surface area contributed by atoms with E-state index in [1.165, 1.54) is 0 Å². The Balaban J connectivity index is 4.19. The summed E-state index contributed by atoms with van der Waals surface area (Å²) < 4.78 is 44.5. The molecule has 1 unspecified atom stereocenters. The third-order valence-corrected chi connectivity index (χ3v) is 0.725. The van der Waals surface area contributed by atoms with Crippen LogP contribution in [-0.2, 0) is 4.79 Å². The van der Waals surface area contributed by atoms with Crippen molar-refractivity contribution in [3.05, 3.63) is 0 Å². The summed E-state index contributed by atoms with van der Waals surface area (Å²) >= 11 is 3.99. The van der Waals surface area contributed by atoms with Gasteiger partial charge in [0.05, 0.1) is 5.34 Å². The maximum Gasteiger partial charge on any atom is 0.383 e. The highest BCUT2D eigenvalue weighted by Gasteiger charge is 2.46. The minimum Gasteiger partial charge on any atom is -0.254 e. The molecule has 54 valence electrons. The van der Waals surface area contributed by atoms with Gasteiger partial charge in [0.25, 0.3) is 0 Å². The molecule has 2 nitrogen and oxygen atoms in total. The van der Waals surface area contributed by atoms with Gasteiger partial charge < -0.3 is 0 Å². The molecule has 0 amide bonds. The van der Waals surface area contributed by atoms with Crippen LogP contribution in [0.5, 0.6) is 0 Å². The molecule has 0 saturated heterocycles. The zero-order valence-electron chi connectivity index (χ0n) is 3.75. The molecular formula is C2ClF4NO. The molecule has 0 fully saturated rings. The lowest BCUT2D eigenvalue weighted by Crippen LogP contribution is -2.34. The van der Waals surface area contributed by atoms with Gasteiger partial charge in [-0.05, 0) is 11.6 Å². The summed E-state index contributed by atoms with van der Waals surface area (Å²) in [7, 11) is 0. The van der Waals surface area contributed by atoms with E-state index in [2.05, 4.69) is 11.6 Å². The van der Waals surface area contributed by atoms with Crippen LogP contribution in [0.25, 0.3) is 0 Å². The summed E-state index contributed by atoms with van der Waals surface area (Å²) in [5.74, 6) is 0. The molecule has 0 aliphatic heterocycles. The predicted octanol–water partition coefficient (Wildman–Crippen LogP) is 1.42. The first-order valence-corrected chi connectivity index (χ1v) is 1.96. The van der Waals surface area contributed by atoms with Gasteiger partial charge in [-0.1, -0.05) is 8.96 Å². The molecule has 0 aliphatic carbocycles. The van der Waals surface area contributed by atoms with Gasteiger partial charge >= 0.3 is 11.3 Å². The Morgan fingerprint density at radius 1 is 1.56 bits per heavy atom. The summed E-state index contributed by atoms with van der Waals surface area (Å²) in [6.07, 6.45) is 0. The molecule has 1 atom stereocenters. The molecule has 0 aromatic rings. The number of rotatable bonds is 2. The van der Waals surface area contributed by atoms with E-state index in [4.69, 9.17) is 0 Å². The van der Waals surface area contributed by atoms with E-state index in [1.807, 2.05) is 0 Å². The minimum atomic E-state index is -4.33. The lowest BCUT2D eigenvalue weighted by atomic mass is 10.7. The highest BCUT2D eigenvalue weighted by Crippen LogP contribution is 2.25. The average Bonchev–Trinajstić information content (AvgIpc) is 1.65. The normalized spacial score (nSPS) is 17.6. The van der Waals surface area contributed by atoms with Gasteiger partial charge in [-0.3, -0.25) is 4.79 Å². The van der Waals surface area contributed by atoms with Crippen molar-refractivity contribution in [1.29, 1.82) is 0 Å². The van der Waals surface area contributed by atoms with Gasteiger partial charge in [0.2, 0.25) is 0 Å². The Morgan fingerprint density at radius 3 is 1.89 bits per heavy atom. The lowest BCUT2D eigenvalue weighted by molar-refractivity contribution is -0.242. The first-order valence-electron chi connectivity index (χ1n) is 1.58. The zero-order valence-corrected chi connectivity index (χ0v) is 4.50. The van der Waals surface area contributed by atoms with Gasteiger partial charge in [0.1, 0.15) is 0 Å². The van der Waals surface area contributed by atoms with Gasteiger partial charge in [0, 0.05) is 0 Å². The second kappa shape index (κ2) is 2.49. The molecule has 0 heterocycles. The number of alkyl halides is 2. The Hall–Kier alpha value is -0.360. The van der Waals surface area contributed by atoms with Crippen molar-refractivity contribution in [2.24, 2.45) is 0 Å². The summed E-state index contributed by atoms with van der Waals surface area (Å²) in [5.41, 5.74) is 0. The molecule has 0 aromatic heterocycles. The average molecular weight is 165 g/mol. The van der Waals surface area contributed by atoms with E-state index >= 15 is 0 Å². The SMILES string of the molecule is O=C(F)C(F)(Cl)N(F)F. The second-order valence-electron chi connectivity index (χ2n) is 1.05. The molecule has 0 aliphatic rings. The molecular weight excluding hydrogens is 165 g/mol. The van der Waals surface area contributed by atoms with Crippen LogP contribution in [0.3, 0.4) is 0 Å². The van der Waals surface area contributed by atoms with Gasteiger partial charge in [-0.15, -0.1) is 0 Å². The van der Waals surface area contributed by atoms with Crippen molar-refractivity contribution in [2.75, 3.05) is 0 Å². The lowest BCUT2D eigenvalue weighted by Gasteiger charge is -2.09. The minimum absolute atomic E-state index is 2.36. The van der Waals surface area contributed by atoms with Crippen LogP contribution in [0.1, 0.15) is 0 Å². The van der Waals surface area contributed by atoms with Gasteiger partial charge in [-0.25, -0.2) is 0 Å². The Bertz CT molecular complexity index is 126. The van der Waals surface area contributed by atoms with Crippen LogP contribution in [0.15, 0.2) is 0 Å². The number of halogens is 5. The monoisotopic (exact) mass is 165 g/mol. The number of carbonyl (C=O) groups is 1. The van der Waals surface area contributed by atoms with Crippen molar-refractivity contribution < 1.29 is 22.5 Å². The fourth-order valence-corrected chi connectivity index (χ4v) is 0.0664. The summed E-state index contributed by atoms with van der Waals surface area (Å²) in [6, 6.07) is -2.95. The highest BCUT2D eigenvalue weighted by atomic mass is 35.5. The fraction of sp³-hybridized carbons (Fsp3) is 0.500. The van der Waals surface area contributed by atoms with E-state index in [0.717, 1.165) is 0 Å². The molecule has 0 saturated carbocycles. The second-order valence-corrected chi connectivity index (χ2v) is 1.55. The number of carbonyl (C=O) groups excluding carboxylic acids is 1. The van der Waals surface area contributed by atoms with Crippen molar-refractivity contribution in [3.8, 4) is 0 Å². The van der Waals surface area contributed by atoms with E-state index in [9.17, 15) is 22.5 Å². The van der Waals surface area contributed by atoms with E-state index in [-0.39, 0.29) is 0 Å². The molecule has 0 aromatic carbocycles. The van der Waals surface area contributed by atoms with Crippen LogP contribution in [0, 0.1) is 0 Å². The molecule has 0 rings (SSSR count). The predicted molar refractivity (Wildman–Crippen MR) is 19.9 cm³/mol. The molecule has 0 N–H and O–H groups in total. The van der Waals surface area contributed by atoms with E-state index in [1.54, 1.807) is 0 Å². The maximum atomic E-state index is 11.6. The first-order chi connectivity index (χ1) is 3.89. The maximum absolute atomic E-state index is 11.6. The first kappa shape index (κ1) is 8.64. The molecule has 7 heteroatoms. The molecule has 0 radical (unpaired) electrons. The summed E-state index contributed by atoms with van der Waals surface area (Å²) in [5, 5.41) is -6.70. The standard InChI is InChI=1S/C2ClF4NO/c3-2(5,1(4)9)8(6)7. The van der Waals surface area contributed by atoms with E-state index < -0.39 is 16.6 Å². The van der Waals surface area contributed by atoms with Crippen molar-refractivity contribution in [1.82, 2.24) is 5.34 Å². The molecule has 0 spiro atoms. The third-order valence-electron chi connectivity index (χ3n) is 0.449. The van der Waals surface area contributed by atoms with Crippen molar-refractivity contribution in [2.45, 2.75) is 5.25 Å². The van der Waals surface area contributed by atoms with Crippen molar-refractivity contribution >= 4 is 17.6 Å². The number of nitrogens with zero attached hydrogens (tertiary/aromatic N) is 1. The van der Waals surface area contributed by atoms with E-state index in [0.29, 0.717) is 0 Å². The summed E-state index contributed by atoms with van der Waals surface area (Å²) in [4.78, 5) is 9.21. The van der Waals surface area contributed by atoms with Gasteiger partial charge in [0.15, 0.2) is 0 Å². The van der Waals surface area contributed by atoms with Gasteiger partial charge in [-0.2, -0.15) is 8.78 Å². The van der Waals surface area contributed by atoms with Crippen LogP contribution in [0.4, 0.5) is 17.7 Å². The number of hydrogen-bond donors (Lipinski definition) is 0. The smallest absolute Gasteiger partial charge is 0.254 e. The highest BCUT2D eigenvalue weighted by molar-refractivity contribution is 6.31. The fourth-order valence-electron chi connectivity index (χ4n) is 0.0664. The van der Waals surface area contributed by atoms with Crippen LogP contribution in [-0.4, -0.2) is 16.6 Å². The Kier molecular flexibility index (Phi) is 2.39. The molecule has 9 heavy (non-hydrogen) atoms. The third kappa shape index (κ3) is 1.79. The quantitative estimate of drug-likeness (QED) is 0.203. The topological polar surface area (TPSA) is 20.3 Å². The molecule has 0 bridgehead atoms. The Morgan fingerprint density at radius 2 is 1.89 bits per heavy atom. The van der Waals surface area contributed by atoms with Crippen molar-refractivity contribution in [3.63, 3.8) is 0 Å². The summed E-state index contributed by atoms with van der Waals surface area (Å²) in [6.45, 7) is 0. The Labute approximate surface area is 51.9 Å². The van der Waals surface area contributed by atoms with Crippen LogP contribution < -0.4 is 0 Å². The number of hydrogen-bond acceptors (Lipinski definition) is 2. The largest absolute Gasteiger partial charge is 0.383 e. The van der Waals surface area contributed by atoms with Crippen LogP contribution in [0.2, 0.25) is 0 Å².